The van der Waals surface area contributed by atoms with E-state index >= 15 is 0 Å². The van der Waals surface area contributed by atoms with Crippen LogP contribution in [-0.4, -0.2) is 15.0 Å². The summed E-state index contributed by atoms with van der Waals surface area (Å²) in [6, 6.07) is 66.7. The van der Waals surface area contributed by atoms with Crippen molar-refractivity contribution < 1.29 is 0 Å². The molecule has 0 unspecified atom stereocenters. The molecule has 0 aliphatic heterocycles. The summed E-state index contributed by atoms with van der Waals surface area (Å²) in [7, 11) is 0. The Labute approximate surface area is 321 Å². The lowest BCUT2D eigenvalue weighted by atomic mass is 9.91. The van der Waals surface area contributed by atoms with Crippen LogP contribution >= 0.6 is 11.3 Å². The van der Waals surface area contributed by atoms with E-state index in [4.69, 9.17) is 15.0 Å². The molecule has 9 aromatic carbocycles. The van der Waals surface area contributed by atoms with Gasteiger partial charge in [-0.15, -0.1) is 11.3 Å². The zero-order valence-corrected chi connectivity index (χ0v) is 30.5. The van der Waals surface area contributed by atoms with Crippen LogP contribution in [0, 0.1) is 0 Å². The Morgan fingerprint density at radius 1 is 0.291 bits per heavy atom. The Bertz CT molecular complexity index is 3260. The molecule has 11 aromatic rings. The first-order chi connectivity index (χ1) is 27.3. The van der Waals surface area contributed by atoms with E-state index in [0.717, 1.165) is 38.9 Å². The predicted octanol–water partition coefficient (Wildman–Crippen LogP) is 14.0. The fraction of sp³-hybridized carbons (Fsp3) is 0. The van der Waals surface area contributed by atoms with Crippen LogP contribution in [-0.2, 0) is 0 Å². The number of fused-ring (bicyclic) bond motifs is 10. The van der Waals surface area contributed by atoms with Gasteiger partial charge >= 0.3 is 0 Å². The maximum atomic E-state index is 5.17. The number of nitrogens with zero attached hydrogens (tertiary/aromatic N) is 3. The Balaban J connectivity index is 1.09. The molecule has 0 saturated heterocycles. The summed E-state index contributed by atoms with van der Waals surface area (Å²) >= 11 is 1.89. The number of hydrogen-bond acceptors (Lipinski definition) is 4. The second-order valence-corrected chi connectivity index (χ2v) is 15.0. The molecular weight excluding hydrogens is 687 g/mol. The van der Waals surface area contributed by atoms with Crippen molar-refractivity contribution in [1.82, 2.24) is 15.0 Å². The Hall–Kier alpha value is -7.01. The van der Waals surface area contributed by atoms with Gasteiger partial charge in [0.05, 0.1) is 0 Å². The molecule has 0 bridgehead atoms. The van der Waals surface area contributed by atoms with E-state index in [9.17, 15) is 0 Å². The van der Waals surface area contributed by atoms with Gasteiger partial charge in [0.15, 0.2) is 17.5 Å². The van der Waals surface area contributed by atoms with Gasteiger partial charge in [-0.2, -0.15) is 0 Å². The number of aromatic nitrogens is 3. The van der Waals surface area contributed by atoms with E-state index in [1.165, 1.54) is 52.5 Å². The summed E-state index contributed by atoms with van der Waals surface area (Å²) in [5, 5.41) is 10.3. The van der Waals surface area contributed by atoms with Crippen LogP contribution in [0.2, 0.25) is 0 Å². The maximum Gasteiger partial charge on any atom is 0.164 e. The molecular formula is C51H31N3S. The van der Waals surface area contributed by atoms with Crippen LogP contribution in [0.15, 0.2) is 188 Å². The molecule has 2 heterocycles. The third kappa shape index (κ3) is 5.30. The number of thiophene rings is 1. The first kappa shape index (κ1) is 31.5. The fourth-order valence-corrected chi connectivity index (χ4v) is 9.39. The standard InChI is InChI=1S/C51H31N3S/c1-3-14-32(15-4-1)37-20-7-10-24-44(37)51-53-49(33-16-5-2-6-17-33)52-50(54-51)36-19-13-18-34(30-36)35-26-27-42-45(31-35)39-22-9-8-21-38(39)41-28-29-43-40-23-11-12-25-46(40)55-48(43)47(41)42/h1-31H. The van der Waals surface area contributed by atoms with Crippen LogP contribution in [0.4, 0.5) is 0 Å². The van der Waals surface area contributed by atoms with Gasteiger partial charge in [-0.05, 0) is 67.4 Å². The molecule has 0 fully saturated rings. The lowest BCUT2D eigenvalue weighted by Gasteiger charge is -2.14. The van der Waals surface area contributed by atoms with Gasteiger partial charge in [0.25, 0.3) is 0 Å². The zero-order chi connectivity index (χ0) is 36.3. The third-order valence-corrected chi connectivity index (χ3v) is 11.9. The molecule has 3 nitrogen and oxygen atoms in total. The minimum atomic E-state index is 0.637. The van der Waals surface area contributed by atoms with Crippen LogP contribution in [0.3, 0.4) is 0 Å². The van der Waals surface area contributed by atoms with Crippen molar-refractivity contribution in [3.8, 4) is 56.4 Å². The highest BCUT2D eigenvalue weighted by Gasteiger charge is 2.18. The topological polar surface area (TPSA) is 38.7 Å². The molecule has 0 N–H and O–H groups in total. The first-order valence-corrected chi connectivity index (χ1v) is 19.3. The second-order valence-electron chi connectivity index (χ2n) is 13.9. The molecule has 55 heavy (non-hydrogen) atoms. The van der Waals surface area contributed by atoms with Gasteiger partial charge in [0.2, 0.25) is 0 Å². The molecule has 256 valence electrons. The smallest absolute Gasteiger partial charge is 0.164 e. The summed E-state index contributed by atoms with van der Waals surface area (Å²) in [5.74, 6) is 1.92. The van der Waals surface area contributed by atoms with Crippen LogP contribution in [0.25, 0.3) is 109 Å². The van der Waals surface area contributed by atoms with Crippen molar-refractivity contribution in [2.24, 2.45) is 0 Å². The zero-order valence-electron chi connectivity index (χ0n) is 29.6. The number of rotatable bonds is 5. The van der Waals surface area contributed by atoms with E-state index in [1.54, 1.807) is 0 Å². The molecule has 11 rings (SSSR count). The SMILES string of the molecule is c1ccc(-c2nc(-c3cccc(-c4ccc5c(c4)c4ccccc4c4ccc6c7ccccc7sc6c45)c3)nc(-c3ccccc3-c3ccccc3)n2)cc1. The average Bonchev–Trinajstić information content (AvgIpc) is 3.66. The monoisotopic (exact) mass is 717 g/mol. The largest absolute Gasteiger partial charge is 0.208 e. The van der Waals surface area contributed by atoms with Crippen molar-refractivity contribution in [3.63, 3.8) is 0 Å². The van der Waals surface area contributed by atoms with E-state index in [2.05, 4.69) is 158 Å². The highest BCUT2D eigenvalue weighted by molar-refractivity contribution is 7.26. The van der Waals surface area contributed by atoms with Crippen molar-refractivity contribution in [2.45, 2.75) is 0 Å². The molecule has 4 heteroatoms. The quantitative estimate of drug-likeness (QED) is 0.166. The average molecular weight is 718 g/mol. The summed E-state index contributed by atoms with van der Waals surface area (Å²) in [5.41, 5.74) is 7.30. The Morgan fingerprint density at radius 3 is 1.62 bits per heavy atom. The van der Waals surface area contributed by atoms with Crippen molar-refractivity contribution in [3.05, 3.63) is 188 Å². The molecule has 0 aliphatic carbocycles. The van der Waals surface area contributed by atoms with E-state index < -0.39 is 0 Å². The van der Waals surface area contributed by atoms with Gasteiger partial charge in [-0.25, -0.2) is 15.0 Å². The second kappa shape index (κ2) is 12.8. The molecule has 2 aromatic heterocycles. The van der Waals surface area contributed by atoms with Crippen LogP contribution in [0.1, 0.15) is 0 Å². The molecule has 0 saturated carbocycles. The molecule has 0 amide bonds. The number of hydrogen-bond donors (Lipinski definition) is 0. The summed E-state index contributed by atoms with van der Waals surface area (Å²) in [4.78, 5) is 15.3. The molecule has 0 aliphatic rings. The van der Waals surface area contributed by atoms with Crippen LogP contribution < -0.4 is 0 Å². The minimum Gasteiger partial charge on any atom is -0.208 e. The van der Waals surface area contributed by atoms with Gasteiger partial charge in [0.1, 0.15) is 0 Å². The summed E-state index contributed by atoms with van der Waals surface area (Å²) in [6.45, 7) is 0. The normalized spacial score (nSPS) is 11.6. The molecule has 0 spiro atoms. The third-order valence-electron chi connectivity index (χ3n) is 10.7. The maximum absolute atomic E-state index is 5.17. The lowest BCUT2D eigenvalue weighted by Crippen LogP contribution is -2.01. The van der Waals surface area contributed by atoms with Crippen molar-refractivity contribution in [2.75, 3.05) is 0 Å². The van der Waals surface area contributed by atoms with E-state index in [1.807, 2.05) is 41.7 Å². The van der Waals surface area contributed by atoms with Crippen molar-refractivity contribution in [1.29, 1.82) is 0 Å². The van der Waals surface area contributed by atoms with Gasteiger partial charge < -0.3 is 0 Å². The van der Waals surface area contributed by atoms with E-state index in [0.29, 0.717) is 17.5 Å². The lowest BCUT2D eigenvalue weighted by molar-refractivity contribution is 1.07. The molecule has 0 radical (unpaired) electrons. The summed E-state index contributed by atoms with van der Waals surface area (Å²) < 4.78 is 2.66. The van der Waals surface area contributed by atoms with Gasteiger partial charge in [0, 0.05) is 42.2 Å². The van der Waals surface area contributed by atoms with Gasteiger partial charge in [-0.3, -0.25) is 0 Å². The minimum absolute atomic E-state index is 0.637. The first-order valence-electron chi connectivity index (χ1n) is 18.5. The Kier molecular flexibility index (Phi) is 7.35. The number of benzene rings is 9. The van der Waals surface area contributed by atoms with Gasteiger partial charge in [-0.1, -0.05) is 170 Å². The van der Waals surface area contributed by atoms with E-state index in [-0.39, 0.29) is 0 Å². The van der Waals surface area contributed by atoms with Crippen LogP contribution in [0.5, 0.6) is 0 Å². The highest BCUT2D eigenvalue weighted by Crippen LogP contribution is 2.45. The summed E-state index contributed by atoms with van der Waals surface area (Å²) in [6.07, 6.45) is 0. The van der Waals surface area contributed by atoms with Crippen molar-refractivity contribution >= 4 is 63.8 Å². The fourth-order valence-electron chi connectivity index (χ4n) is 8.13. The Morgan fingerprint density at radius 2 is 0.818 bits per heavy atom. The molecule has 0 atom stereocenters. The predicted molar refractivity (Wildman–Crippen MR) is 232 cm³/mol. The highest BCUT2D eigenvalue weighted by atomic mass is 32.1.